The van der Waals surface area contributed by atoms with Gasteiger partial charge in [-0.05, 0) is 93.4 Å². The molecule has 0 spiro atoms. The molecule has 5 rings (SSSR count). The van der Waals surface area contributed by atoms with Crippen molar-refractivity contribution in [3.63, 3.8) is 0 Å². The molecule has 2 amide bonds. The molecule has 3 aliphatic rings. The highest BCUT2D eigenvalue weighted by atomic mass is 16.5. The van der Waals surface area contributed by atoms with Crippen LogP contribution in [0.3, 0.4) is 0 Å². The summed E-state index contributed by atoms with van der Waals surface area (Å²) in [5.41, 5.74) is 3.79. The number of amides is 2. The number of ether oxygens (including phenoxy) is 2. The molecule has 2 heterocycles. The summed E-state index contributed by atoms with van der Waals surface area (Å²) in [6.45, 7) is 7.05. The summed E-state index contributed by atoms with van der Waals surface area (Å²) in [5, 5.41) is 13.1. The van der Waals surface area contributed by atoms with E-state index in [-0.39, 0.29) is 11.8 Å². The van der Waals surface area contributed by atoms with Crippen molar-refractivity contribution < 1.29 is 19.1 Å². The highest BCUT2D eigenvalue weighted by Crippen LogP contribution is 2.32. The number of anilines is 2. The van der Waals surface area contributed by atoms with Gasteiger partial charge in [0.2, 0.25) is 0 Å². The van der Waals surface area contributed by atoms with E-state index in [1.54, 1.807) is 13.8 Å². The molecule has 4 unspecified atom stereocenters. The third-order valence-corrected chi connectivity index (χ3v) is 7.37. The summed E-state index contributed by atoms with van der Waals surface area (Å²) >= 11 is 0. The number of benzene rings is 2. The van der Waals surface area contributed by atoms with Crippen molar-refractivity contribution in [2.75, 3.05) is 23.7 Å². The fourth-order valence-electron chi connectivity index (χ4n) is 5.35. The third kappa shape index (κ3) is 5.82. The van der Waals surface area contributed by atoms with Crippen LogP contribution in [-0.4, -0.2) is 37.1 Å². The molecular weight excluding hydrogens is 456 g/mol. The molecule has 8 nitrogen and oxygen atoms in total. The average molecular weight is 493 g/mol. The van der Waals surface area contributed by atoms with Crippen LogP contribution in [0.15, 0.2) is 36.4 Å². The van der Waals surface area contributed by atoms with E-state index >= 15 is 0 Å². The lowest BCUT2D eigenvalue weighted by molar-refractivity contribution is -0.123. The lowest BCUT2D eigenvalue weighted by Gasteiger charge is -2.30. The van der Waals surface area contributed by atoms with E-state index in [0.717, 1.165) is 60.2 Å². The fraction of sp³-hybridized carbons (Fsp3) is 0.500. The second-order valence-electron chi connectivity index (χ2n) is 10.3. The lowest BCUT2D eigenvalue weighted by atomic mass is 9.81. The number of fused-ring (bicyclic) bond motifs is 2. The maximum absolute atomic E-state index is 11.9. The van der Waals surface area contributed by atoms with Gasteiger partial charge in [-0.15, -0.1) is 0 Å². The van der Waals surface area contributed by atoms with Gasteiger partial charge in [0.05, 0.1) is 11.4 Å². The van der Waals surface area contributed by atoms with Crippen LogP contribution < -0.4 is 30.7 Å². The molecule has 8 heteroatoms. The van der Waals surface area contributed by atoms with Gasteiger partial charge < -0.3 is 30.7 Å². The molecule has 0 saturated heterocycles. The fourth-order valence-corrected chi connectivity index (χ4v) is 5.35. The molecule has 2 aliphatic heterocycles. The van der Waals surface area contributed by atoms with Gasteiger partial charge in [0.1, 0.15) is 11.5 Å². The molecule has 0 aromatic heterocycles. The highest BCUT2D eigenvalue weighted by molar-refractivity contribution is 5.98. The quantitative estimate of drug-likeness (QED) is 0.447. The Morgan fingerprint density at radius 1 is 0.778 bits per heavy atom. The van der Waals surface area contributed by atoms with Crippen molar-refractivity contribution >= 4 is 23.2 Å². The van der Waals surface area contributed by atoms with E-state index in [1.165, 1.54) is 25.7 Å². The topological polar surface area (TPSA) is 101 Å². The maximum atomic E-state index is 11.9. The van der Waals surface area contributed by atoms with Gasteiger partial charge in [0.25, 0.3) is 11.8 Å². The van der Waals surface area contributed by atoms with Gasteiger partial charge >= 0.3 is 0 Å². The molecule has 0 radical (unpaired) electrons. The maximum Gasteiger partial charge on any atom is 0.265 e. The molecule has 1 fully saturated rings. The van der Waals surface area contributed by atoms with Gasteiger partial charge in [0.15, 0.2) is 12.2 Å². The van der Waals surface area contributed by atoms with Crippen LogP contribution in [0.5, 0.6) is 11.5 Å². The number of carbonyl (C=O) groups is 2. The average Bonchev–Trinajstić information content (AvgIpc) is 2.86. The Bertz CT molecular complexity index is 1040. The third-order valence-electron chi connectivity index (χ3n) is 7.37. The van der Waals surface area contributed by atoms with Gasteiger partial charge in [-0.1, -0.05) is 18.6 Å². The first kappa shape index (κ1) is 24.6. The molecule has 0 bridgehead atoms. The predicted molar refractivity (Wildman–Crippen MR) is 139 cm³/mol. The molecule has 2 aromatic carbocycles. The summed E-state index contributed by atoms with van der Waals surface area (Å²) < 4.78 is 11.3. The molecule has 1 aliphatic carbocycles. The zero-order valence-corrected chi connectivity index (χ0v) is 21.1. The van der Waals surface area contributed by atoms with Crippen LogP contribution in [0.1, 0.15) is 50.7 Å². The first-order chi connectivity index (χ1) is 17.4. The first-order valence-corrected chi connectivity index (χ1v) is 13.1. The van der Waals surface area contributed by atoms with Crippen LogP contribution >= 0.6 is 0 Å². The molecule has 4 atom stereocenters. The minimum atomic E-state index is -0.450. The first-order valence-electron chi connectivity index (χ1n) is 13.1. The van der Waals surface area contributed by atoms with Crippen LogP contribution in [0.2, 0.25) is 0 Å². The van der Waals surface area contributed by atoms with Crippen molar-refractivity contribution in [3.8, 4) is 11.5 Å². The number of carbonyl (C=O) groups excluding carboxylic acids is 2. The molecule has 192 valence electrons. The Kier molecular flexibility index (Phi) is 7.43. The van der Waals surface area contributed by atoms with Crippen molar-refractivity contribution in [1.82, 2.24) is 10.6 Å². The highest BCUT2D eigenvalue weighted by Gasteiger charge is 2.25. The molecule has 36 heavy (non-hydrogen) atoms. The van der Waals surface area contributed by atoms with Gasteiger partial charge in [-0.3, -0.25) is 9.59 Å². The van der Waals surface area contributed by atoms with E-state index < -0.39 is 12.2 Å². The van der Waals surface area contributed by atoms with Crippen molar-refractivity contribution in [2.24, 2.45) is 11.8 Å². The number of nitrogens with one attached hydrogen (secondary N) is 4. The molecule has 2 aromatic rings. The predicted octanol–water partition coefficient (Wildman–Crippen LogP) is 3.81. The molecule has 4 N–H and O–H groups in total. The van der Waals surface area contributed by atoms with Crippen LogP contribution in [0.4, 0.5) is 11.4 Å². The lowest BCUT2D eigenvalue weighted by Crippen LogP contribution is -2.34. The molecular formula is C28H36N4O4. The van der Waals surface area contributed by atoms with Crippen LogP contribution in [0, 0.1) is 11.8 Å². The normalized spacial score (nSPS) is 25.1. The monoisotopic (exact) mass is 492 g/mol. The zero-order valence-electron chi connectivity index (χ0n) is 21.1. The van der Waals surface area contributed by atoms with E-state index in [0.29, 0.717) is 11.8 Å². The van der Waals surface area contributed by atoms with E-state index in [1.807, 2.05) is 24.3 Å². The number of hydrogen-bond donors (Lipinski definition) is 4. The minimum absolute atomic E-state index is 0.100. The Morgan fingerprint density at radius 3 is 1.72 bits per heavy atom. The molecule has 1 saturated carbocycles. The SMILES string of the molecule is CC1Oc2ccc(CNCC3CCCC(CNCc4ccc5c(c4)NC(=O)C(C)O5)C3)cc2NC1=O. The zero-order chi connectivity index (χ0) is 25.1. The summed E-state index contributed by atoms with van der Waals surface area (Å²) in [6.07, 6.45) is 4.11. The standard InChI is InChI=1S/C28H36N4O4/c1-17-27(33)31-23-11-21(6-8-25(23)35-17)15-29-13-19-4-3-5-20(10-19)14-30-16-22-7-9-26-24(12-22)32-28(34)18(2)36-26/h6-9,11-12,17-20,29-30H,3-5,10,13-16H2,1-2H3,(H,31,33)(H,32,34). The van der Waals surface area contributed by atoms with Crippen molar-refractivity contribution in [3.05, 3.63) is 47.5 Å². The van der Waals surface area contributed by atoms with Gasteiger partial charge in [-0.25, -0.2) is 0 Å². The Morgan fingerprint density at radius 2 is 1.25 bits per heavy atom. The van der Waals surface area contributed by atoms with Gasteiger partial charge in [-0.2, -0.15) is 0 Å². The Hall–Kier alpha value is -3.10. The van der Waals surface area contributed by atoms with Gasteiger partial charge in [0, 0.05) is 13.1 Å². The van der Waals surface area contributed by atoms with Crippen LogP contribution in [0.25, 0.3) is 0 Å². The number of rotatable bonds is 8. The second kappa shape index (κ2) is 10.9. The van der Waals surface area contributed by atoms with E-state index in [2.05, 4.69) is 33.4 Å². The summed E-state index contributed by atoms with van der Waals surface area (Å²) in [4.78, 5) is 23.8. The van der Waals surface area contributed by atoms with Crippen LogP contribution in [-0.2, 0) is 22.7 Å². The summed E-state index contributed by atoms with van der Waals surface area (Å²) in [6, 6.07) is 12.0. The van der Waals surface area contributed by atoms with Crippen molar-refractivity contribution in [1.29, 1.82) is 0 Å². The van der Waals surface area contributed by atoms with E-state index in [4.69, 9.17) is 9.47 Å². The largest absolute Gasteiger partial charge is 0.479 e. The van der Waals surface area contributed by atoms with E-state index in [9.17, 15) is 9.59 Å². The minimum Gasteiger partial charge on any atom is -0.479 e. The second-order valence-corrected chi connectivity index (χ2v) is 10.3. The Labute approximate surface area is 212 Å². The smallest absolute Gasteiger partial charge is 0.265 e. The Balaban J connectivity index is 1.04. The number of hydrogen-bond acceptors (Lipinski definition) is 6. The van der Waals surface area contributed by atoms with Crippen molar-refractivity contribution in [2.45, 2.75) is 64.8 Å². The summed E-state index contributed by atoms with van der Waals surface area (Å²) in [7, 11) is 0. The summed E-state index contributed by atoms with van der Waals surface area (Å²) in [5.74, 6) is 2.61.